The SMILES string of the molecule is CCn1cc(CC(N)C2CCCCCCC2)cn1. The van der Waals surface area contributed by atoms with Crippen LogP contribution in [0, 0.1) is 5.92 Å². The molecular formula is C15H27N3. The Morgan fingerprint density at radius 1 is 1.28 bits per heavy atom. The molecular weight excluding hydrogens is 222 g/mol. The Morgan fingerprint density at radius 2 is 1.94 bits per heavy atom. The second-order valence-electron chi connectivity index (χ2n) is 5.68. The van der Waals surface area contributed by atoms with Gasteiger partial charge in [-0.25, -0.2) is 0 Å². The molecule has 2 rings (SSSR count). The molecule has 1 unspecified atom stereocenters. The van der Waals surface area contributed by atoms with E-state index in [1.54, 1.807) is 0 Å². The predicted molar refractivity (Wildman–Crippen MR) is 75.4 cm³/mol. The third-order valence-corrected chi connectivity index (χ3v) is 4.24. The van der Waals surface area contributed by atoms with Gasteiger partial charge in [0.15, 0.2) is 0 Å². The average molecular weight is 249 g/mol. The van der Waals surface area contributed by atoms with E-state index in [9.17, 15) is 0 Å². The van der Waals surface area contributed by atoms with Crippen LogP contribution in [0.2, 0.25) is 0 Å². The fraction of sp³-hybridized carbons (Fsp3) is 0.800. The van der Waals surface area contributed by atoms with Crippen LogP contribution in [0.4, 0.5) is 0 Å². The molecule has 0 radical (unpaired) electrons. The molecule has 0 saturated heterocycles. The predicted octanol–water partition coefficient (Wildman–Crippen LogP) is 3.13. The Morgan fingerprint density at radius 3 is 2.56 bits per heavy atom. The third kappa shape index (κ3) is 3.84. The zero-order valence-electron chi connectivity index (χ0n) is 11.6. The summed E-state index contributed by atoms with van der Waals surface area (Å²) in [6.45, 7) is 3.06. The summed E-state index contributed by atoms with van der Waals surface area (Å²) >= 11 is 0. The van der Waals surface area contributed by atoms with Crippen LogP contribution in [0.3, 0.4) is 0 Å². The van der Waals surface area contributed by atoms with Gasteiger partial charge < -0.3 is 5.73 Å². The van der Waals surface area contributed by atoms with Gasteiger partial charge in [-0.1, -0.05) is 32.1 Å². The summed E-state index contributed by atoms with van der Waals surface area (Å²) in [5, 5.41) is 4.33. The zero-order valence-corrected chi connectivity index (χ0v) is 11.6. The standard InChI is InChI=1S/C15H27N3/c1-2-18-12-13(11-17-18)10-15(16)14-8-6-4-3-5-7-9-14/h11-12,14-15H,2-10,16H2,1H3. The smallest absolute Gasteiger partial charge is 0.0522 e. The maximum atomic E-state index is 6.41. The summed E-state index contributed by atoms with van der Waals surface area (Å²) in [6.07, 6.45) is 14.7. The summed E-state index contributed by atoms with van der Waals surface area (Å²) in [6, 6.07) is 0.317. The highest BCUT2D eigenvalue weighted by atomic mass is 15.3. The first-order chi connectivity index (χ1) is 8.79. The van der Waals surface area contributed by atoms with Crippen molar-refractivity contribution in [1.29, 1.82) is 0 Å². The molecule has 3 nitrogen and oxygen atoms in total. The van der Waals surface area contributed by atoms with Crippen molar-refractivity contribution in [2.75, 3.05) is 0 Å². The molecule has 0 aromatic carbocycles. The van der Waals surface area contributed by atoms with Gasteiger partial charge in [-0.15, -0.1) is 0 Å². The lowest BCUT2D eigenvalue weighted by molar-refractivity contribution is 0.322. The van der Waals surface area contributed by atoms with E-state index in [4.69, 9.17) is 5.73 Å². The monoisotopic (exact) mass is 249 g/mol. The minimum Gasteiger partial charge on any atom is -0.327 e. The minimum absolute atomic E-state index is 0.317. The second-order valence-corrected chi connectivity index (χ2v) is 5.68. The number of nitrogens with zero attached hydrogens (tertiary/aromatic N) is 2. The number of aromatic nitrogens is 2. The van der Waals surface area contributed by atoms with Crippen molar-refractivity contribution >= 4 is 0 Å². The lowest BCUT2D eigenvalue weighted by Crippen LogP contribution is -2.32. The molecule has 0 bridgehead atoms. The Bertz CT molecular complexity index is 337. The van der Waals surface area contributed by atoms with Crippen molar-refractivity contribution in [2.24, 2.45) is 11.7 Å². The molecule has 0 aliphatic heterocycles. The van der Waals surface area contributed by atoms with Crippen molar-refractivity contribution in [3.63, 3.8) is 0 Å². The van der Waals surface area contributed by atoms with E-state index in [-0.39, 0.29) is 0 Å². The topological polar surface area (TPSA) is 43.8 Å². The molecule has 0 spiro atoms. The van der Waals surface area contributed by atoms with Gasteiger partial charge in [0.05, 0.1) is 6.20 Å². The van der Waals surface area contributed by atoms with Crippen LogP contribution in [0.25, 0.3) is 0 Å². The molecule has 102 valence electrons. The number of hydrogen-bond acceptors (Lipinski definition) is 2. The van der Waals surface area contributed by atoms with Gasteiger partial charge in [0.25, 0.3) is 0 Å². The van der Waals surface area contributed by atoms with Crippen molar-refractivity contribution in [2.45, 2.75) is 70.9 Å². The molecule has 1 atom stereocenters. The highest BCUT2D eigenvalue weighted by molar-refractivity contribution is 5.06. The molecule has 2 N–H and O–H groups in total. The molecule has 18 heavy (non-hydrogen) atoms. The van der Waals surface area contributed by atoms with Gasteiger partial charge in [-0.2, -0.15) is 5.10 Å². The van der Waals surface area contributed by atoms with Gasteiger partial charge in [-0.05, 0) is 37.7 Å². The van der Waals surface area contributed by atoms with Crippen LogP contribution < -0.4 is 5.73 Å². The second kappa shape index (κ2) is 6.93. The third-order valence-electron chi connectivity index (χ3n) is 4.24. The summed E-state index contributed by atoms with van der Waals surface area (Å²) in [5.41, 5.74) is 7.71. The first kappa shape index (κ1) is 13.6. The van der Waals surface area contributed by atoms with Gasteiger partial charge in [0, 0.05) is 18.8 Å². The highest BCUT2D eigenvalue weighted by Crippen LogP contribution is 2.25. The molecule has 1 aromatic heterocycles. The van der Waals surface area contributed by atoms with Crippen molar-refractivity contribution in [3.8, 4) is 0 Å². The molecule has 1 aromatic rings. The Hall–Kier alpha value is -0.830. The fourth-order valence-corrected chi connectivity index (χ4v) is 3.04. The summed E-state index contributed by atoms with van der Waals surface area (Å²) in [4.78, 5) is 0. The summed E-state index contributed by atoms with van der Waals surface area (Å²) in [5.74, 6) is 0.718. The maximum absolute atomic E-state index is 6.41. The molecule has 1 fully saturated rings. The molecule has 0 amide bonds. The van der Waals surface area contributed by atoms with Crippen LogP contribution in [0.15, 0.2) is 12.4 Å². The van der Waals surface area contributed by atoms with E-state index in [2.05, 4.69) is 18.2 Å². The molecule has 1 saturated carbocycles. The summed E-state index contributed by atoms with van der Waals surface area (Å²) in [7, 11) is 0. The average Bonchev–Trinajstić information content (AvgIpc) is 2.76. The first-order valence-electron chi connectivity index (χ1n) is 7.56. The van der Waals surface area contributed by atoms with E-state index in [1.807, 2.05) is 10.9 Å². The van der Waals surface area contributed by atoms with Gasteiger partial charge in [0.1, 0.15) is 0 Å². The van der Waals surface area contributed by atoms with E-state index < -0.39 is 0 Å². The Balaban J connectivity index is 1.86. The largest absolute Gasteiger partial charge is 0.327 e. The van der Waals surface area contributed by atoms with Crippen LogP contribution in [0.1, 0.15) is 57.4 Å². The van der Waals surface area contributed by atoms with E-state index in [0.29, 0.717) is 6.04 Å². The number of rotatable bonds is 4. The van der Waals surface area contributed by atoms with E-state index >= 15 is 0 Å². The van der Waals surface area contributed by atoms with Crippen molar-refractivity contribution in [3.05, 3.63) is 18.0 Å². The Kier molecular flexibility index (Phi) is 5.24. The van der Waals surface area contributed by atoms with Gasteiger partial charge >= 0.3 is 0 Å². The maximum Gasteiger partial charge on any atom is 0.0522 e. The lowest BCUT2D eigenvalue weighted by Gasteiger charge is -2.25. The normalized spacial score (nSPS) is 20.3. The number of hydrogen-bond donors (Lipinski definition) is 1. The summed E-state index contributed by atoms with van der Waals surface area (Å²) < 4.78 is 1.99. The van der Waals surface area contributed by atoms with Crippen LogP contribution >= 0.6 is 0 Å². The molecule has 3 heteroatoms. The van der Waals surface area contributed by atoms with Gasteiger partial charge in [-0.3, -0.25) is 4.68 Å². The van der Waals surface area contributed by atoms with Crippen LogP contribution in [0.5, 0.6) is 0 Å². The fourth-order valence-electron chi connectivity index (χ4n) is 3.04. The molecule has 1 aliphatic carbocycles. The van der Waals surface area contributed by atoms with Crippen molar-refractivity contribution < 1.29 is 0 Å². The van der Waals surface area contributed by atoms with Gasteiger partial charge in [0.2, 0.25) is 0 Å². The zero-order chi connectivity index (χ0) is 12.8. The lowest BCUT2D eigenvalue weighted by atomic mass is 9.84. The highest BCUT2D eigenvalue weighted by Gasteiger charge is 2.19. The Labute approximate surface area is 111 Å². The van der Waals surface area contributed by atoms with E-state index in [1.165, 1.54) is 50.5 Å². The van der Waals surface area contributed by atoms with Crippen LogP contribution in [-0.4, -0.2) is 15.8 Å². The minimum atomic E-state index is 0.317. The molecule has 1 heterocycles. The molecule has 1 aliphatic rings. The van der Waals surface area contributed by atoms with E-state index in [0.717, 1.165) is 18.9 Å². The van der Waals surface area contributed by atoms with Crippen LogP contribution in [-0.2, 0) is 13.0 Å². The number of nitrogens with two attached hydrogens (primary N) is 1. The van der Waals surface area contributed by atoms with Crippen molar-refractivity contribution in [1.82, 2.24) is 9.78 Å². The quantitative estimate of drug-likeness (QED) is 0.891. The number of aryl methyl sites for hydroxylation is 1. The first-order valence-corrected chi connectivity index (χ1v) is 7.56.